The van der Waals surface area contributed by atoms with Gasteiger partial charge in [0.1, 0.15) is 0 Å². The Balaban J connectivity index is 2.46. The predicted molar refractivity (Wildman–Crippen MR) is 69.4 cm³/mol. The van der Waals surface area contributed by atoms with Crippen LogP contribution in [-0.2, 0) is 4.79 Å². The van der Waals surface area contributed by atoms with Crippen LogP contribution in [0.4, 0.5) is 4.79 Å². The van der Waals surface area contributed by atoms with Crippen LogP contribution in [0, 0.1) is 11.8 Å². The summed E-state index contributed by atoms with van der Waals surface area (Å²) < 4.78 is 0. The molecule has 1 fully saturated rings. The molecule has 0 spiro atoms. The summed E-state index contributed by atoms with van der Waals surface area (Å²) in [6.45, 7) is 5.12. The third-order valence-electron chi connectivity index (χ3n) is 3.65. The third kappa shape index (κ3) is 3.89. The Labute approximate surface area is 109 Å². The number of carbonyl (C=O) groups excluding carboxylic acids is 1. The van der Waals surface area contributed by atoms with Crippen molar-refractivity contribution in [2.75, 3.05) is 26.7 Å². The van der Waals surface area contributed by atoms with Crippen LogP contribution >= 0.6 is 0 Å². The standard InChI is InChI=1S/C13H24N2O3/c1-4-15(8-10(2)12(16)17)13(18)14(3)9-11-6-5-7-11/h10-11H,4-9H2,1-3H3,(H,16,17). The Hall–Kier alpha value is -1.26. The number of nitrogens with zero attached hydrogens (tertiary/aromatic N) is 2. The van der Waals surface area contributed by atoms with Gasteiger partial charge in [-0.3, -0.25) is 4.79 Å². The maximum absolute atomic E-state index is 12.2. The van der Waals surface area contributed by atoms with Gasteiger partial charge >= 0.3 is 12.0 Å². The van der Waals surface area contributed by atoms with Crippen LogP contribution in [-0.4, -0.2) is 53.6 Å². The Kier molecular flexibility index (Phi) is 5.44. The van der Waals surface area contributed by atoms with Gasteiger partial charge in [-0.1, -0.05) is 13.3 Å². The van der Waals surface area contributed by atoms with Gasteiger partial charge in [0.2, 0.25) is 0 Å². The summed E-state index contributed by atoms with van der Waals surface area (Å²) in [6, 6.07) is -0.0579. The monoisotopic (exact) mass is 256 g/mol. The molecule has 0 saturated heterocycles. The van der Waals surface area contributed by atoms with Crippen LogP contribution in [0.25, 0.3) is 0 Å². The van der Waals surface area contributed by atoms with Crippen molar-refractivity contribution in [2.24, 2.45) is 11.8 Å². The van der Waals surface area contributed by atoms with E-state index >= 15 is 0 Å². The van der Waals surface area contributed by atoms with Crippen molar-refractivity contribution in [1.82, 2.24) is 9.80 Å². The lowest BCUT2D eigenvalue weighted by molar-refractivity contribution is -0.141. The van der Waals surface area contributed by atoms with Gasteiger partial charge in [0.15, 0.2) is 0 Å². The summed E-state index contributed by atoms with van der Waals surface area (Å²) in [7, 11) is 1.80. The molecule has 2 amide bonds. The van der Waals surface area contributed by atoms with Crippen molar-refractivity contribution in [3.05, 3.63) is 0 Å². The highest BCUT2D eigenvalue weighted by Gasteiger charge is 2.25. The maximum Gasteiger partial charge on any atom is 0.319 e. The van der Waals surface area contributed by atoms with Gasteiger partial charge < -0.3 is 14.9 Å². The lowest BCUT2D eigenvalue weighted by Gasteiger charge is -2.33. The quantitative estimate of drug-likeness (QED) is 0.789. The smallest absolute Gasteiger partial charge is 0.319 e. The molecule has 1 unspecified atom stereocenters. The number of carbonyl (C=O) groups is 2. The normalized spacial score (nSPS) is 16.8. The van der Waals surface area contributed by atoms with Crippen molar-refractivity contribution >= 4 is 12.0 Å². The number of hydrogen-bond donors (Lipinski definition) is 1. The summed E-state index contributed by atoms with van der Waals surface area (Å²) in [5.41, 5.74) is 0. The Bertz CT molecular complexity index is 303. The molecule has 1 N–H and O–H groups in total. The van der Waals surface area contributed by atoms with Crippen molar-refractivity contribution in [2.45, 2.75) is 33.1 Å². The van der Waals surface area contributed by atoms with Gasteiger partial charge in [0.05, 0.1) is 5.92 Å². The molecule has 0 heterocycles. The molecule has 0 aromatic carbocycles. The number of amides is 2. The number of aliphatic carboxylic acids is 1. The van der Waals surface area contributed by atoms with Crippen molar-refractivity contribution in [1.29, 1.82) is 0 Å². The molecule has 1 rings (SSSR count). The average molecular weight is 256 g/mol. The topological polar surface area (TPSA) is 60.9 Å². The minimum atomic E-state index is -0.858. The summed E-state index contributed by atoms with van der Waals surface area (Å²) in [4.78, 5) is 26.3. The molecule has 0 radical (unpaired) electrons. The van der Waals surface area contributed by atoms with Gasteiger partial charge in [0.25, 0.3) is 0 Å². The van der Waals surface area contributed by atoms with E-state index in [9.17, 15) is 9.59 Å². The first-order valence-electron chi connectivity index (χ1n) is 6.68. The van der Waals surface area contributed by atoms with Gasteiger partial charge in [-0.15, -0.1) is 0 Å². The average Bonchev–Trinajstić information content (AvgIpc) is 2.28. The van der Waals surface area contributed by atoms with E-state index in [4.69, 9.17) is 5.11 Å². The summed E-state index contributed by atoms with van der Waals surface area (Å²) in [5.74, 6) is -0.747. The SMILES string of the molecule is CCN(CC(C)C(=O)O)C(=O)N(C)CC1CCC1. The zero-order valence-electron chi connectivity index (χ0n) is 11.6. The van der Waals surface area contributed by atoms with Crippen LogP contribution in [0.3, 0.4) is 0 Å². The van der Waals surface area contributed by atoms with Gasteiger partial charge in [-0.2, -0.15) is 0 Å². The molecule has 18 heavy (non-hydrogen) atoms. The van der Waals surface area contributed by atoms with E-state index in [1.54, 1.807) is 23.8 Å². The maximum atomic E-state index is 12.2. The van der Waals surface area contributed by atoms with E-state index in [1.165, 1.54) is 19.3 Å². The van der Waals surface area contributed by atoms with Crippen molar-refractivity contribution in [3.63, 3.8) is 0 Å². The Morgan fingerprint density at radius 3 is 2.39 bits per heavy atom. The number of rotatable bonds is 6. The molecule has 1 aliphatic carbocycles. The van der Waals surface area contributed by atoms with Crippen LogP contribution in [0.2, 0.25) is 0 Å². The minimum absolute atomic E-state index is 0.0579. The predicted octanol–water partition coefficient (Wildman–Crippen LogP) is 1.88. The summed E-state index contributed by atoms with van der Waals surface area (Å²) in [5, 5.41) is 8.89. The minimum Gasteiger partial charge on any atom is -0.481 e. The first kappa shape index (κ1) is 14.8. The second kappa shape index (κ2) is 6.61. The zero-order valence-corrected chi connectivity index (χ0v) is 11.6. The van der Waals surface area contributed by atoms with Crippen molar-refractivity contribution < 1.29 is 14.7 Å². The van der Waals surface area contributed by atoms with Gasteiger partial charge in [-0.25, -0.2) is 4.79 Å². The van der Waals surface area contributed by atoms with Gasteiger partial charge in [0, 0.05) is 26.7 Å². The molecular weight excluding hydrogens is 232 g/mol. The molecule has 104 valence electrons. The zero-order chi connectivity index (χ0) is 13.7. The fraction of sp³-hybridized carbons (Fsp3) is 0.846. The van der Waals surface area contributed by atoms with Gasteiger partial charge in [-0.05, 0) is 25.7 Å². The molecule has 0 bridgehead atoms. The fourth-order valence-electron chi connectivity index (χ4n) is 2.13. The molecular formula is C13H24N2O3. The Morgan fingerprint density at radius 2 is 2.00 bits per heavy atom. The number of carboxylic acids is 1. The van der Waals surface area contributed by atoms with Crippen LogP contribution < -0.4 is 0 Å². The van der Waals surface area contributed by atoms with E-state index in [0.29, 0.717) is 12.5 Å². The lowest BCUT2D eigenvalue weighted by Crippen LogP contribution is -2.46. The molecule has 1 saturated carbocycles. The first-order chi connectivity index (χ1) is 8.45. The third-order valence-corrected chi connectivity index (χ3v) is 3.65. The lowest BCUT2D eigenvalue weighted by atomic mass is 9.85. The number of hydrogen-bond acceptors (Lipinski definition) is 2. The van der Waals surface area contributed by atoms with Crippen molar-refractivity contribution in [3.8, 4) is 0 Å². The van der Waals surface area contributed by atoms with Crippen LogP contribution in [0.1, 0.15) is 33.1 Å². The summed E-state index contributed by atoms with van der Waals surface area (Å²) >= 11 is 0. The van der Waals surface area contributed by atoms with Crippen LogP contribution in [0.15, 0.2) is 0 Å². The number of urea groups is 1. The molecule has 5 nitrogen and oxygen atoms in total. The molecule has 0 aromatic heterocycles. The fourth-order valence-corrected chi connectivity index (χ4v) is 2.13. The first-order valence-corrected chi connectivity index (χ1v) is 6.68. The van der Waals surface area contributed by atoms with E-state index in [2.05, 4.69) is 0 Å². The van der Waals surface area contributed by atoms with E-state index in [1.807, 2.05) is 6.92 Å². The highest BCUT2D eigenvalue weighted by Crippen LogP contribution is 2.26. The highest BCUT2D eigenvalue weighted by atomic mass is 16.4. The second-order valence-electron chi connectivity index (χ2n) is 5.24. The largest absolute Gasteiger partial charge is 0.481 e. The van der Waals surface area contributed by atoms with E-state index in [-0.39, 0.29) is 12.6 Å². The second-order valence-corrected chi connectivity index (χ2v) is 5.24. The molecule has 1 atom stereocenters. The molecule has 5 heteroatoms. The summed E-state index contributed by atoms with van der Waals surface area (Å²) in [6.07, 6.45) is 3.67. The molecule has 0 aromatic rings. The molecule has 1 aliphatic rings. The van der Waals surface area contributed by atoms with E-state index in [0.717, 1.165) is 6.54 Å². The molecule has 0 aliphatic heterocycles. The number of carboxylic acid groups (broad SMARTS) is 1. The highest BCUT2D eigenvalue weighted by molar-refractivity contribution is 5.76. The van der Waals surface area contributed by atoms with Crippen LogP contribution in [0.5, 0.6) is 0 Å². The Morgan fingerprint density at radius 1 is 1.39 bits per heavy atom. The van der Waals surface area contributed by atoms with E-state index < -0.39 is 11.9 Å².